The van der Waals surface area contributed by atoms with E-state index in [1.165, 1.54) is 6.92 Å². The van der Waals surface area contributed by atoms with Crippen LogP contribution in [-0.2, 0) is 60.1 Å². The highest BCUT2D eigenvalue weighted by Crippen LogP contribution is 2.23. The van der Waals surface area contributed by atoms with Gasteiger partial charge in [-0.25, -0.2) is 14.6 Å². The van der Waals surface area contributed by atoms with Crippen molar-refractivity contribution in [2.45, 2.75) is 165 Å². The van der Waals surface area contributed by atoms with E-state index in [9.17, 15) is 19.2 Å². The number of aryl methyl sites for hydroxylation is 3. The van der Waals surface area contributed by atoms with E-state index in [0.717, 1.165) is 80.1 Å². The molecule has 1 unspecified atom stereocenters. The smallest absolute Gasteiger partial charge is 0.302 e. The van der Waals surface area contributed by atoms with Gasteiger partial charge in [0.2, 0.25) is 23.7 Å². The summed E-state index contributed by atoms with van der Waals surface area (Å²) in [6.07, 6.45) is 9.47. The molecular formula is C46H75N9O6. The largest absolute Gasteiger partial charge is 0.461 e. The second kappa shape index (κ2) is 26.4. The van der Waals surface area contributed by atoms with Gasteiger partial charge in [0.15, 0.2) is 0 Å². The lowest BCUT2D eigenvalue weighted by molar-refractivity contribution is -0.142. The van der Waals surface area contributed by atoms with Gasteiger partial charge in [-0.1, -0.05) is 72.2 Å². The molecule has 4 N–H and O–H groups in total. The van der Waals surface area contributed by atoms with Crippen LogP contribution in [0.5, 0.6) is 0 Å². The number of rotatable bonds is 26. The minimum Gasteiger partial charge on any atom is -0.461 e. The molecule has 1 atom stereocenters. The van der Waals surface area contributed by atoms with Gasteiger partial charge in [0.25, 0.3) is 0 Å². The van der Waals surface area contributed by atoms with Crippen molar-refractivity contribution in [3.8, 4) is 0 Å². The first-order valence-corrected chi connectivity index (χ1v) is 22.1. The third-order valence-electron chi connectivity index (χ3n) is 9.78. The van der Waals surface area contributed by atoms with Gasteiger partial charge in [0.1, 0.15) is 12.6 Å². The van der Waals surface area contributed by atoms with Crippen molar-refractivity contribution in [1.82, 2.24) is 35.6 Å². The lowest BCUT2D eigenvalue weighted by Crippen LogP contribution is -2.52. The second-order valence-electron chi connectivity index (χ2n) is 17.3. The molecule has 15 heteroatoms. The molecule has 15 nitrogen and oxygen atoms in total. The summed E-state index contributed by atoms with van der Waals surface area (Å²) in [6, 6.07) is 8.14. The van der Waals surface area contributed by atoms with Crippen molar-refractivity contribution >= 4 is 35.3 Å². The molecule has 0 bridgehead atoms. The number of esters is 1. The molecule has 0 aliphatic rings. The summed E-state index contributed by atoms with van der Waals surface area (Å²) < 4.78 is 13.1. The summed E-state index contributed by atoms with van der Waals surface area (Å²) in [7, 11) is 0. The Kier molecular flexibility index (Phi) is 22.6. The lowest BCUT2D eigenvalue weighted by atomic mass is 9.99. The molecule has 0 spiro atoms. The predicted octanol–water partition coefficient (Wildman–Crippen LogP) is 7.34. The average molecular weight is 850 g/mol. The molecule has 2 aromatic heterocycles. The van der Waals surface area contributed by atoms with Gasteiger partial charge in [-0.05, 0) is 108 Å². The quantitative estimate of drug-likeness (QED) is 0.0467. The predicted molar refractivity (Wildman–Crippen MR) is 241 cm³/mol. The maximum absolute atomic E-state index is 13.1. The number of carbonyl (C=O) groups excluding carboxylic acids is 4. The number of aromatic nitrogens is 5. The number of nitrogens with one attached hydrogen (secondary N) is 4. The SMILES string of the molecule is CC.CCCc1cc(CCC(C)C)nc(NCCCCc2cn(C(C)(C)CCOC(C)(C)CC(=O)NC(C(=O)NCC(=O)Nc3ccc(COC(C)=O)cc3)C(C)C)nn2)n1. The molecule has 3 amide bonds. The number of benzene rings is 1. The molecular weight excluding hydrogens is 775 g/mol. The maximum atomic E-state index is 13.1. The number of carbonyl (C=O) groups is 4. The van der Waals surface area contributed by atoms with Crippen molar-refractivity contribution in [2.75, 3.05) is 30.3 Å². The standard InChI is InChI=1S/C44H69N9O6.C2H6/c1-11-14-35-25-36(19-16-30(2)3)49-42(48-35)45-23-13-12-15-37-28-53(52-51-37)43(7,8)22-24-59-44(9,10)26-38(55)50-40(31(4)5)41(57)46-27-39(56)47-34-20-17-33(18-21-34)29-58-32(6)54;1-2/h17-18,20-21,25,28,30-31,40H,11-16,19,22-24,26-27,29H2,1-10H3,(H,46,57)(H,47,56)(H,50,55)(H,45,48,49);1-2H3. The lowest BCUT2D eigenvalue weighted by Gasteiger charge is -2.30. The first-order valence-electron chi connectivity index (χ1n) is 22.1. The highest BCUT2D eigenvalue weighted by Gasteiger charge is 2.30. The minimum atomic E-state index is -0.840. The van der Waals surface area contributed by atoms with Crippen molar-refractivity contribution in [1.29, 1.82) is 0 Å². The zero-order valence-electron chi connectivity index (χ0n) is 39.1. The normalized spacial score (nSPS) is 12.0. The molecule has 3 aromatic rings. The van der Waals surface area contributed by atoms with Crippen LogP contribution in [0.25, 0.3) is 0 Å². The number of hydrogen-bond acceptors (Lipinski definition) is 11. The van der Waals surface area contributed by atoms with E-state index in [-0.39, 0.29) is 42.9 Å². The molecule has 2 heterocycles. The third kappa shape index (κ3) is 20.5. The van der Waals surface area contributed by atoms with Gasteiger partial charge in [-0.15, -0.1) is 5.10 Å². The highest BCUT2D eigenvalue weighted by atomic mass is 16.5. The van der Waals surface area contributed by atoms with Crippen LogP contribution in [0.4, 0.5) is 11.6 Å². The number of nitrogens with zero attached hydrogens (tertiary/aromatic N) is 5. The molecule has 340 valence electrons. The van der Waals surface area contributed by atoms with Crippen molar-refractivity contribution in [3.63, 3.8) is 0 Å². The fourth-order valence-corrected chi connectivity index (χ4v) is 6.16. The van der Waals surface area contributed by atoms with Crippen molar-refractivity contribution < 1.29 is 28.7 Å². The van der Waals surface area contributed by atoms with Gasteiger partial charge in [-0.3, -0.25) is 19.2 Å². The average Bonchev–Trinajstić information content (AvgIpc) is 3.68. The topological polar surface area (TPSA) is 191 Å². The van der Waals surface area contributed by atoms with E-state index < -0.39 is 23.5 Å². The molecule has 0 aliphatic carbocycles. The first-order chi connectivity index (χ1) is 28.9. The second-order valence-corrected chi connectivity index (χ2v) is 17.3. The van der Waals surface area contributed by atoms with Crippen molar-refractivity contribution in [2.24, 2.45) is 11.8 Å². The molecule has 0 saturated carbocycles. The monoisotopic (exact) mass is 850 g/mol. The van der Waals surface area contributed by atoms with Gasteiger partial charge < -0.3 is 30.7 Å². The Hall–Kier alpha value is -4.92. The number of ether oxygens (including phenoxy) is 2. The highest BCUT2D eigenvalue weighted by molar-refractivity contribution is 5.96. The van der Waals surface area contributed by atoms with E-state index in [4.69, 9.17) is 19.4 Å². The molecule has 1 aromatic carbocycles. The molecule has 0 radical (unpaired) electrons. The van der Waals surface area contributed by atoms with Crippen LogP contribution in [0, 0.1) is 11.8 Å². The van der Waals surface area contributed by atoms with E-state index in [2.05, 4.69) is 72.3 Å². The summed E-state index contributed by atoms with van der Waals surface area (Å²) in [4.78, 5) is 59.2. The summed E-state index contributed by atoms with van der Waals surface area (Å²) >= 11 is 0. The first kappa shape index (κ1) is 52.2. The third-order valence-corrected chi connectivity index (χ3v) is 9.78. The van der Waals surface area contributed by atoms with Crippen LogP contribution in [0.2, 0.25) is 0 Å². The Morgan fingerprint density at radius 1 is 0.869 bits per heavy atom. The molecule has 0 fully saturated rings. The van der Waals surface area contributed by atoms with Crippen LogP contribution in [0.3, 0.4) is 0 Å². The van der Waals surface area contributed by atoms with Gasteiger partial charge in [0, 0.05) is 43.3 Å². The summed E-state index contributed by atoms with van der Waals surface area (Å²) in [6.45, 7) is 24.5. The van der Waals surface area contributed by atoms with Crippen molar-refractivity contribution in [3.05, 3.63) is 59.2 Å². The minimum absolute atomic E-state index is 0.0375. The van der Waals surface area contributed by atoms with Crippen LogP contribution in [0.1, 0.15) is 144 Å². The van der Waals surface area contributed by atoms with E-state index in [0.29, 0.717) is 24.6 Å². The molecule has 3 rings (SSSR count). The summed E-state index contributed by atoms with van der Waals surface area (Å²) in [5.74, 6) is -0.465. The van der Waals surface area contributed by atoms with E-state index >= 15 is 0 Å². The van der Waals surface area contributed by atoms with Gasteiger partial charge >= 0.3 is 5.97 Å². The summed E-state index contributed by atoms with van der Waals surface area (Å²) in [5.41, 5.74) is 3.27. The number of hydrogen-bond donors (Lipinski definition) is 4. The number of unbranched alkanes of at least 4 members (excludes halogenated alkanes) is 1. The van der Waals surface area contributed by atoms with Crippen LogP contribution in [0.15, 0.2) is 36.5 Å². The van der Waals surface area contributed by atoms with Crippen LogP contribution < -0.4 is 21.3 Å². The Morgan fingerprint density at radius 2 is 1.54 bits per heavy atom. The summed E-state index contributed by atoms with van der Waals surface area (Å²) in [5, 5.41) is 20.5. The zero-order valence-corrected chi connectivity index (χ0v) is 39.1. The van der Waals surface area contributed by atoms with Gasteiger partial charge in [0.05, 0.1) is 29.8 Å². The van der Waals surface area contributed by atoms with E-state index in [1.54, 1.807) is 24.3 Å². The molecule has 61 heavy (non-hydrogen) atoms. The van der Waals surface area contributed by atoms with Crippen LogP contribution >= 0.6 is 0 Å². The fraction of sp³-hybridized carbons (Fsp3) is 0.652. The Labute approximate surface area is 364 Å². The maximum Gasteiger partial charge on any atom is 0.302 e. The van der Waals surface area contributed by atoms with E-state index in [1.807, 2.05) is 52.4 Å². The van der Waals surface area contributed by atoms with Crippen LogP contribution in [-0.4, -0.2) is 80.0 Å². The number of amides is 3. The number of anilines is 2. The molecule has 0 saturated heterocycles. The Bertz CT molecular complexity index is 1790. The van der Waals surface area contributed by atoms with Gasteiger partial charge in [-0.2, -0.15) is 0 Å². The zero-order chi connectivity index (χ0) is 45.6. The fourth-order valence-electron chi connectivity index (χ4n) is 6.16. The Balaban J connectivity index is 0.00000631. The Morgan fingerprint density at radius 3 is 2.16 bits per heavy atom. The molecule has 0 aliphatic heterocycles.